The number of hydrogen-bond donors (Lipinski definition) is 1. The second-order valence-corrected chi connectivity index (χ2v) is 8.21. The van der Waals surface area contributed by atoms with Crippen LogP contribution in [-0.2, 0) is 17.1 Å². The molecule has 146 valence electrons. The van der Waals surface area contributed by atoms with E-state index in [0.717, 1.165) is 6.07 Å². The topological polar surface area (TPSA) is 129 Å². The summed E-state index contributed by atoms with van der Waals surface area (Å²) in [4.78, 5) is 10.8. The Balaban J connectivity index is 1.94. The average Bonchev–Trinajstić information content (AvgIpc) is 3.07. The van der Waals surface area contributed by atoms with E-state index in [0.29, 0.717) is 15.7 Å². The normalized spacial score (nSPS) is 11.2. The molecule has 0 saturated carbocycles. The van der Waals surface area contributed by atoms with Crippen LogP contribution < -0.4 is 9.46 Å². The van der Waals surface area contributed by atoms with Gasteiger partial charge in [-0.1, -0.05) is 12.1 Å². The summed E-state index contributed by atoms with van der Waals surface area (Å²) in [6, 6.07) is 10.2. The summed E-state index contributed by atoms with van der Waals surface area (Å²) in [5.41, 5.74) is -0.124. The molecule has 0 amide bonds. The number of aryl methyl sites for hydroxylation is 1. The maximum Gasteiger partial charge on any atom is 0.312 e. The predicted molar refractivity (Wildman–Crippen MR) is 102 cm³/mol. The lowest BCUT2D eigenvalue weighted by Crippen LogP contribution is -2.14. The summed E-state index contributed by atoms with van der Waals surface area (Å²) < 4.78 is 34.6. The van der Waals surface area contributed by atoms with Gasteiger partial charge in [0.25, 0.3) is 10.0 Å². The highest BCUT2D eigenvalue weighted by Gasteiger charge is 2.23. The second kappa shape index (κ2) is 7.86. The van der Waals surface area contributed by atoms with Crippen LogP contribution >= 0.6 is 11.8 Å². The number of nitro benzene ring substituents is 1. The van der Waals surface area contributed by atoms with Crippen LogP contribution in [0.5, 0.6) is 5.75 Å². The maximum atomic E-state index is 12.8. The van der Waals surface area contributed by atoms with E-state index in [1.807, 2.05) is 0 Å². The van der Waals surface area contributed by atoms with Crippen molar-refractivity contribution in [1.29, 1.82) is 0 Å². The van der Waals surface area contributed by atoms with E-state index in [2.05, 4.69) is 14.9 Å². The van der Waals surface area contributed by atoms with Gasteiger partial charge in [-0.2, -0.15) is 0 Å². The molecule has 0 bridgehead atoms. The lowest BCUT2D eigenvalue weighted by atomic mass is 10.3. The van der Waals surface area contributed by atoms with E-state index >= 15 is 0 Å². The van der Waals surface area contributed by atoms with E-state index < -0.39 is 20.6 Å². The molecular formula is C16H15N5O5S2. The Morgan fingerprint density at radius 3 is 2.64 bits per heavy atom. The maximum absolute atomic E-state index is 12.8. The van der Waals surface area contributed by atoms with Crippen LogP contribution in [0.15, 0.2) is 63.7 Å². The summed E-state index contributed by atoms with van der Waals surface area (Å²) >= 11 is 1.23. The molecule has 0 saturated heterocycles. The third-order valence-electron chi connectivity index (χ3n) is 3.66. The Labute approximate surface area is 164 Å². The van der Waals surface area contributed by atoms with Crippen LogP contribution in [0.3, 0.4) is 0 Å². The summed E-state index contributed by atoms with van der Waals surface area (Å²) in [6.45, 7) is 0. The number of benzene rings is 2. The quantitative estimate of drug-likeness (QED) is 0.455. The number of methoxy groups -OCH3 is 1. The summed E-state index contributed by atoms with van der Waals surface area (Å²) in [5, 5.41) is 19.5. The molecule has 0 radical (unpaired) electrons. The van der Waals surface area contributed by atoms with E-state index in [-0.39, 0.29) is 10.6 Å². The monoisotopic (exact) mass is 421 g/mol. The van der Waals surface area contributed by atoms with Gasteiger partial charge in [-0.25, -0.2) is 8.42 Å². The first-order chi connectivity index (χ1) is 13.3. The Hall–Kier alpha value is -3.12. The van der Waals surface area contributed by atoms with Gasteiger partial charge in [-0.15, -0.1) is 10.2 Å². The number of nitro groups is 1. The van der Waals surface area contributed by atoms with Gasteiger partial charge < -0.3 is 9.30 Å². The third kappa shape index (κ3) is 4.07. The number of nitrogens with zero attached hydrogens (tertiary/aromatic N) is 4. The first-order valence-electron chi connectivity index (χ1n) is 7.78. The molecule has 2 aromatic carbocycles. The number of aromatic nitrogens is 3. The Bertz CT molecular complexity index is 1130. The van der Waals surface area contributed by atoms with Gasteiger partial charge in [0, 0.05) is 18.0 Å². The molecule has 0 aliphatic heterocycles. The first-order valence-corrected chi connectivity index (χ1v) is 10.1. The molecule has 0 atom stereocenters. The van der Waals surface area contributed by atoms with Gasteiger partial charge in [-0.05, 0) is 36.0 Å². The molecule has 1 N–H and O–H groups in total. The summed E-state index contributed by atoms with van der Waals surface area (Å²) in [6.07, 6.45) is 1.53. The lowest BCUT2D eigenvalue weighted by molar-refractivity contribution is -0.386. The number of rotatable bonds is 7. The van der Waals surface area contributed by atoms with Crippen molar-refractivity contribution in [2.75, 3.05) is 11.8 Å². The Kier molecular flexibility index (Phi) is 5.51. The van der Waals surface area contributed by atoms with Gasteiger partial charge in [0.2, 0.25) is 0 Å². The third-order valence-corrected chi connectivity index (χ3v) is 6.15. The minimum atomic E-state index is -4.07. The number of sulfonamides is 1. The van der Waals surface area contributed by atoms with Crippen molar-refractivity contribution in [3.63, 3.8) is 0 Å². The zero-order chi connectivity index (χ0) is 20.3. The minimum absolute atomic E-state index is 0.0258. The van der Waals surface area contributed by atoms with E-state index in [9.17, 15) is 18.5 Å². The molecule has 0 unspecified atom stereocenters. The fourth-order valence-electron chi connectivity index (χ4n) is 2.29. The fourth-order valence-corrected chi connectivity index (χ4v) is 4.30. The van der Waals surface area contributed by atoms with Crippen LogP contribution in [-0.4, -0.2) is 35.2 Å². The van der Waals surface area contributed by atoms with E-state index in [4.69, 9.17) is 4.74 Å². The standard InChI is InChI=1S/C16H15N5O5S2/c1-20-10-17-18-16(20)27-15-6-4-3-5-12(15)19-28(24,25)11-7-8-14(26-2)13(9-11)21(22)23/h3-10,19H,1-2H3. The molecule has 28 heavy (non-hydrogen) atoms. The number of ether oxygens (including phenoxy) is 1. The molecule has 0 fully saturated rings. The van der Waals surface area contributed by atoms with Gasteiger partial charge in [0.05, 0.1) is 22.6 Å². The SMILES string of the molecule is COc1ccc(S(=O)(=O)Nc2ccccc2Sc2nncn2C)cc1[N+](=O)[O-]. The second-order valence-electron chi connectivity index (χ2n) is 5.52. The van der Waals surface area contributed by atoms with E-state index in [1.54, 1.807) is 35.9 Å². The number of para-hydroxylation sites is 1. The van der Waals surface area contributed by atoms with Crippen LogP contribution in [0.2, 0.25) is 0 Å². The Morgan fingerprint density at radius 1 is 1.25 bits per heavy atom. The van der Waals surface area contributed by atoms with Crippen LogP contribution in [0.25, 0.3) is 0 Å². The molecule has 0 aliphatic rings. The fraction of sp³-hybridized carbons (Fsp3) is 0.125. The highest BCUT2D eigenvalue weighted by atomic mass is 32.2. The van der Waals surface area contributed by atoms with Gasteiger partial charge in [0.15, 0.2) is 10.9 Å². The molecule has 12 heteroatoms. The van der Waals surface area contributed by atoms with Gasteiger partial charge in [0.1, 0.15) is 6.33 Å². The van der Waals surface area contributed by atoms with Crippen molar-refractivity contribution in [3.8, 4) is 5.75 Å². The molecule has 0 aliphatic carbocycles. The van der Waals surface area contributed by atoms with E-state index in [1.165, 1.54) is 37.3 Å². The smallest absolute Gasteiger partial charge is 0.312 e. The number of nitrogens with one attached hydrogen (secondary N) is 1. The molecule has 3 aromatic rings. The zero-order valence-electron chi connectivity index (χ0n) is 14.8. The summed E-state index contributed by atoms with van der Waals surface area (Å²) in [7, 11) is -1.03. The molecular weight excluding hydrogens is 406 g/mol. The largest absolute Gasteiger partial charge is 0.490 e. The molecule has 3 rings (SSSR count). The van der Waals surface area contributed by atoms with Crippen molar-refractivity contribution < 1.29 is 18.1 Å². The predicted octanol–water partition coefficient (Wildman–Crippen LogP) is 2.68. The van der Waals surface area contributed by atoms with Crippen molar-refractivity contribution in [2.24, 2.45) is 7.05 Å². The van der Waals surface area contributed by atoms with Crippen LogP contribution in [0.1, 0.15) is 0 Å². The Morgan fingerprint density at radius 2 is 2.00 bits per heavy atom. The molecule has 0 spiro atoms. The number of anilines is 1. The van der Waals surface area contributed by atoms with Crippen molar-refractivity contribution in [1.82, 2.24) is 14.8 Å². The molecule has 10 nitrogen and oxygen atoms in total. The lowest BCUT2D eigenvalue weighted by Gasteiger charge is -2.12. The molecule has 1 aromatic heterocycles. The van der Waals surface area contributed by atoms with Crippen molar-refractivity contribution >= 4 is 33.2 Å². The first kappa shape index (κ1) is 19.6. The minimum Gasteiger partial charge on any atom is -0.490 e. The summed E-state index contributed by atoms with van der Waals surface area (Å²) in [5.74, 6) is -0.0258. The average molecular weight is 421 g/mol. The zero-order valence-corrected chi connectivity index (χ0v) is 16.4. The van der Waals surface area contributed by atoms with Crippen molar-refractivity contribution in [2.45, 2.75) is 14.9 Å². The number of hydrogen-bond acceptors (Lipinski definition) is 8. The highest BCUT2D eigenvalue weighted by molar-refractivity contribution is 7.99. The van der Waals surface area contributed by atoms with Crippen molar-refractivity contribution in [3.05, 3.63) is 58.9 Å². The highest BCUT2D eigenvalue weighted by Crippen LogP contribution is 2.34. The van der Waals surface area contributed by atoms with Crippen LogP contribution in [0, 0.1) is 10.1 Å². The van der Waals surface area contributed by atoms with Gasteiger partial charge in [-0.3, -0.25) is 14.8 Å². The molecule has 1 heterocycles. The van der Waals surface area contributed by atoms with Gasteiger partial charge >= 0.3 is 5.69 Å². The van der Waals surface area contributed by atoms with Crippen LogP contribution in [0.4, 0.5) is 11.4 Å².